The second-order valence-corrected chi connectivity index (χ2v) is 6.83. The summed E-state index contributed by atoms with van der Waals surface area (Å²) in [6.45, 7) is 0.169. The molecular weight excluding hydrogens is 342 g/mol. The number of hydrogen-bond acceptors (Lipinski definition) is 6. The molecule has 4 heterocycles. The summed E-state index contributed by atoms with van der Waals surface area (Å²) in [6.07, 6.45) is 3.95. The Hall–Kier alpha value is -2.51. The van der Waals surface area contributed by atoms with E-state index in [-0.39, 0.29) is 19.0 Å². The zero-order valence-electron chi connectivity index (χ0n) is 12.6. The number of thiazole rings is 1. The first-order valence-electron chi connectivity index (χ1n) is 7.33. The molecule has 5 nitrogen and oxygen atoms in total. The quantitative estimate of drug-likeness (QED) is 0.511. The highest BCUT2D eigenvalue weighted by molar-refractivity contribution is 7.14. The Kier molecular flexibility index (Phi) is 4.10. The molecule has 7 heteroatoms. The van der Waals surface area contributed by atoms with Crippen LogP contribution in [0.15, 0.2) is 52.8 Å². The number of ether oxygens (including phenoxy) is 1. The Labute approximate surface area is 146 Å². The lowest BCUT2D eigenvalue weighted by atomic mass is 10.3. The van der Waals surface area contributed by atoms with Crippen molar-refractivity contribution >= 4 is 34.3 Å². The number of thiophene rings is 1. The maximum atomic E-state index is 12.0. The molecule has 0 bridgehead atoms. The molecule has 24 heavy (non-hydrogen) atoms. The highest BCUT2D eigenvalue weighted by Gasteiger charge is 2.11. The van der Waals surface area contributed by atoms with Crippen LogP contribution in [0.1, 0.15) is 11.4 Å². The van der Waals surface area contributed by atoms with Gasteiger partial charge in [-0.3, -0.25) is 4.79 Å². The molecular formula is C17H13N3O2S2. The third kappa shape index (κ3) is 3.22. The van der Waals surface area contributed by atoms with E-state index in [1.807, 2.05) is 57.2 Å². The summed E-state index contributed by atoms with van der Waals surface area (Å²) in [6, 6.07) is 7.78. The molecule has 0 spiro atoms. The van der Waals surface area contributed by atoms with Crippen molar-refractivity contribution in [2.45, 2.75) is 13.0 Å². The average molecular weight is 355 g/mol. The lowest BCUT2D eigenvalue weighted by Crippen LogP contribution is -2.08. The molecule has 120 valence electrons. The summed E-state index contributed by atoms with van der Waals surface area (Å²) in [5, 5.41) is 6.89. The van der Waals surface area contributed by atoms with E-state index in [0.717, 1.165) is 27.6 Å². The highest BCUT2D eigenvalue weighted by atomic mass is 32.1. The normalized spacial score (nSPS) is 11.0. The van der Waals surface area contributed by atoms with Crippen LogP contribution in [0.2, 0.25) is 0 Å². The predicted octanol–water partition coefficient (Wildman–Crippen LogP) is 3.81. The fourth-order valence-electron chi connectivity index (χ4n) is 2.32. The standard InChI is InChI=1S/C17H13N3O2S2/c21-16(7-13-11-24-17(19-13)12-4-6-23-10-12)22-9-14-8-20-5-2-1-3-15(20)18-14/h1-6,8,10-11H,7,9H2. The zero-order valence-corrected chi connectivity index (χ0v) is 14.2. The van der Waals surface area contributed by atoms with Crippen molar-refractivity contribution in [1.82, 2.24) is 14.4 Å². The lowest BCUT2D eigenvalue weighted by molar-refractivity contribution is -0.144. The smallest absolute Gasteiger partial charge is 0.312 e. The van der Waals surface area contributed by atoms with Gasteiger partial charge in [-0.25, -0.2) is 9.97 Å². The lowest BCUT2D eigenvalue weighted by Gasteiger charge is -2.00. The van der Waals surface area contributed by atoms with Crippen LogP contribution in [-0.2, 0) is 22.6 Å². The number of imidazole rings is 1. The van der Waals surface area contributed by atoms with Crippen LogP contribution in [-0.4, -0.2) is 20.3 Å². The first-order valence-corrected chi connectivity index (χ1v) is 9.15. The number of esters is 1. The molecule has 0 saturated heterocycles. The van der Waals surface area contributed by atoms with E-state index in [1.165, 1.54) is 11.3 Å². The summed E-state index contributed by atoms with van der Waals surface area (Å²) < 4.78 is 7.21. The molecule has 0 aliphatic heterocycles. The predicted molar refractivity (Wildman–Crippen MR) is 94.1 cm³/mol. The molecule has 4 aromatic heterocycles. The number of aromatic nitrogens is 3. The van der Waals surface area contributed by atoms with Crippen molar-refractivity contribution in [3.8, 4) is 10.6 Å². The summed E-state index contributed by atoms with van der Waals surface area (Å²) in [5.74, 6) is -0.297. The van der Waals surface area contributed by atoms with Gasteiger partial charge in [0.2, 0.25) is 0 Å². The summed E-state index contributed by atoms with van der Waals surface area (Å²) in [4.78, 5) is 20.9. The maximum absolute atomic E-state index is 12.0. The molecule has 0 fully saturated rings. The van der Waals surface area contributed by atoms with Gasteiger partial charge in [0.05, 0.1) is 17.8 Å². The van der Waals surface area contributed by atoms with Crippen molar-refractivity contribution in [3.63, 3.8) is 0 Å². The van der Waals surface area contributed by atoms with Crippen LogP contribution >= 0.6 is 22.7 Å². The molecule has 0 N–H and O–H groups in total. The van der Waals surface area contributed by atoms with Gasteiger partial charge in [-0.1, -0.05) is 6.07 Å². The number of carbonyl (C=O) groups is 1. The van der Waals surface area contributed by atoms with E-state index < -0.39 is 0 Å². The number of pyridine rings is 1. The average Bonchev–Trinajstić information content (AvgIpc) is 3.32. The fraction of sp³-hybridized carbons (Fsp3) is 0.118. The van der Waals surface area contributed by atoms with E-state index in [9.17, 15) is 4.79 Å². The van der Waals surface area contributed by atoms with E-state index >= 15 is 0 Å². The Bertz CT molecular complexity index is 940. The third-order valence-corrected chi connectivity index (χ3v) is 5.06. The van der Waals surface area contributed by atoms with Crippen LogP contribution < -0.4 is 0 Å². The number of fused-ring (bicyclic) bond motifs is 1. The fourth-order valence-corrected chi connectivity index (χ4v) is 3.85. The van der Waals surface area contributed by atoms with Gasteiger partial charge in [-0.15, -0.1) is 11.3 Å². The van der Waals surface area contributed by atoms with Gasteiger partial charge in [0, 0.05) is 28.7 Å². The minimum Gasteiger partial charge on any atom is -0.459 e. The molecule has 0 radical (unpaired) electrons. The molecule has 4 rings (SSSR count). The van der Waals surface area contributed by atoms with Crippen molar-refractivity contribution in [2.75, 3.05) is 0 Å². The van der Waals surface area contributed by atoms with Gasteiger partial charge < -0.3 is 9.14 Å². The van der Waals surface area contributed by atoms with E-state index in [4.69, 9.17) is 4.74 Å². The SMILES string of the molecule is O=C(Cc1csc(-c2ccsc2)n1)OCc1cn2ccccc2n1. The van der Waals surface area contributed by atoms with Crippen molar-refractivity contribution in [3.05, 3.63) is 64.2 Å². The minimum absolute atomic E-state index is 0.169. The number of hydrogen-bond donors (Lipinski definition) is 0. The first-order chi connectivity index (χ1) is 11.8. The van der Waals surface area contributed by atoms with Crippen LogP contribution in [0.25, 0.3) is 16.2 Å². The van der Waals surface area contributed by atoms with Crippen LogP contribution in [0.3, 0.4) is 0 Å². The second kappa shape index (κ2) is 6.54. The van der Waals surface area contributed by atoms with Gasteiger partial charge in [0.15, 0.2) is 0 Å². The number of rotatable bonds is 5. The molecule has 0 unspecified atom stereocenters. The Morgan fingerprint density at radius 2 is 2.12 bits per heavy atom. The van der Waals surface area contributed by atoms with Gasteiger partial charge in [0.1, 0.15) is 17.3 Å². The number of nitrogens with zero attached hydrogens (tertiary/aromatic N) is 3. The molecule has 0 atom stereocenters. The van der Waals surface area contributed by atoms with E-state index in [1.54, 1.807) is 11.3 Å². The maximum Gasteiger partial charge on any atom is 0.312 e. The van der Waals surface area contributed by atoms with Crippen molar-refractivity contribution in [2.24, 2.45) is 0 Å². The van der Waals surface area contributed by atoms with E-state index in [2.05, 4.69) is 9.97 Å². The molecule has 0 aliphatic carbocycles. The van der Waals surface area contributed by atoms with Crippen LogP contribution in [0.5, 0.6) is 0 Å². The van der Waals surface area contributed by atoms with Crippen LogP contribution in [0, 0.1) is 0 Å². The molecule has 0 aromatic carbocycles. The molecule has 0 aliphatic rings. The third-order valence-electron chi connectivity index (χ3n) is 3.44. The number of carbonyl (C=O) groups excluding carboxylic acids is 1. The van der Waals surface area contributed by atoms with Gasteiger partial charge >= 0.3 is 5.97 Å². The van der Waals surface area contributed by atoms with Gasteiger partial charge in [0.25, 0.3) is 0 Å². The first kappa shape index (κ1) is 15.0. The monoisotopic (exact) mass is 355 g/mol. The van der Waals surface area contributed by atoms with Crippen LogP contribution in [0.4, 0.5) is 0 Å². The van der Waals surface area contributed by atoms with Gasteiger partial charge in [-0.05, 0) is 23.6 Å². The van der Waals surface area contributed by atoms with Crippen molar-refractivity contribution in [1.29, 1.82) is 0 Å². The topological polar surface area (TPSA) is 56.5 Å². The summed E-state index contributed by atoms with van der Waals surface area (Å²) in [5.41, 5.74) is 3.39. The Morgan fingerprint density at radius 3 is 2.96 bits per heavy atom. The second-order valence-electron chi connectivity index (χ2n) is 5.19. The van der Waals surface area contributed by atoms with Crippen molar-refractivity contribution < 1.29 is 9.53 Å². The van der Waals surface area contributed by atoms with Gasteiger partial charge in [-0.2, -0.15) is 11.3 Å². The minimum atomic E-state index is -0.297. The van der Waals surface area contributed by atoms with E-state index in [0.29, 0.717) is 0 Å². The molecule has 0 saturated carbocycles. The Balaban J connectivity index is 1.36. The largest absolute Gasteiger partial charge is 0.459 e. The molecule has 0 amide bonds. The summed E-state index contributed by atoms with van der Waals surface area (Å²) >= 11 is 3.17. The Morgan fingerprint density at radius 1 is 1.17 bits per heavy atom. The summed E-state index contributed by atoms with van der Waals surface area (Å²) in [7, 11) is 0. The zero-order chi connectivity index (χ0) is 16.4. The highest BCUT2D eigenvalue weighted by Crippen LogP contribution is 2.25. The molecule has 4 aromatic rings.